The second kappa shape index (κ2) is 11.0. The predicted octanol–water partition coefficient (Wildman–Crippen LogP) is 2.08. The van der Waals surface area contributed by atoms with Crippen molar-refractivity contribution in [2.45, 2.75) is 19.0 Å². The normalized spacial score (nSPS) is 17.0. The standard InChI is InChI=1S/C26H27ClN8O2/c27-25-22(16-31-32-26(25)37)35-17-19-3-1-2-4-20(19)21(35)15-29-8-7-24(36)34-11-9-33(10-12-34)23-6-5-18(13-28)14-30-23/h1-6,14,16,21,29H,7-12,15,17H2,(H,32,37). The van der Waals surface area contributed by atoms with Crippen LogP contribution in [0.15, 0.2) is 53.6 Å². The second-order valence-electron chi connectivity index (χ2n) is 9.08. The number of nitrogens with one attached hydrogen (secondary N) is 2. The van der Waals surface area contributed by atoms with Gasteiger partial charge < -0.3 is 20.0 Å². The molecular formula is C26H27ClN8O2. The van der Waals surface area contributed by atoms with Gasteiger partial charge in [-0.2, -0.15) is 10.4 Å². The van der Waals surface area contributed by atoms with Crippen molar-refractivity contribution in [1.82, 2.24) is 25.4 Å². The van der Waals surface area contributed by atoms with Crippen molar-refractivity contribution in [2.24, 2.45) is 0 Å². The molecule has 0 spiro atoms. The zero-order valence-corrected chi connectivity index (χ0v) is 21.0. The van der Waals surface area contributed by atoms with Crippen LogP contribution in [0.3, 0.4) is 0 Å². The number of benzene rings is 1. The van der Waals surface area contributed by atoms with E-state index in [0.717, 1.165) is 5.82 Å². The lowest BCUT2D eigenvalue weighted by Gasteiger charge is -2.35. The number of carbonyl (C=O) groups is 1. The highest BCUT2D eigenvalue weighted by molar-refractivity contribution is 6.33. The lowest BCUT2D eigenvalue weighted by Crippen LogP contribution is -2.49. The fourth-order valence-corrected chi connectivity index (χ4v) is 5.13. The highest BCUT2D eigenvalue weighted by Gasteiger charge is 2.32. The van der Waals surface area contributed by atoms with E-state index < -0.39 is 5.56 Å². The monoisotopic (exact) mass is 518 g/mol. The Balaban J connectivity index is 1.14. The maximum atomic E-state index is 12.8. The third kappa shape index (κ3) is 5.28. The lowest BCUT2D eigenvalue weighted by molar-refractivity contribution is -0.131. The summed E-state index contributed by atoms with van der Waals surface area (Å²) in [5.41, 5.74) is 3.06. The van der Waals surface area contributed by atoms with E-state index in [1.165, 1.54) is 11.1 Å². The molecular weight excluding hydrogens is 492 g/mol. The molecule has 10 nitrogen and oxygen atoms in total. The quantitative estimate of drug-likeness (QED) is 0.456. The van der Waals surface area contributed by atoms with Gasteiger partial charge in [0.15, 0.2) is 0 Å². The van der Waals surface area contributed by atoms with Crippen LogP contribution in [0.25, 0.3) is 0 Å². The molecule has 1 atom stereocenters. The Morgan fingerprint density at radius 3 is 2.73 bits per heavy atom. The molecule has 0 saturated carbocycles. The number of carbonyl (C=O) groups excluding carboxylic acids is 1. The number of nitrogens with zero attached hydrogens (tertiary/aromatic N) is 6. The van der Waals surface area contributed by atoms with Crippen molar-refractivity contribution in [3.8, 4) is 6.07 Å². The van der Waals surface area contributed by atoms with Crippen LogP contribution in [-0.2, 0) is 11.3 Å². The number of H-pyrrole nitrogens is 1. The third-order valence-corrected chi connectivity index (χ3v) is 7.27. The predicted molar refractivity (Wildman–Crippen MR) is 140 cm³/mol. The number of anilines is 2. The first-order chi connectivity index (χ1) is 18.0. The van der Waals surface area contributed by atoms with Crippen molar-refractivity contribution >= 4 is 29.0 Å². The van der Waals surface area contributed by atoms with Crippen LogP contribution in [0.4, 0.5) is 11.5 Å². The second-order valence-corrected chi connectivity index (χ2v) is 9.46. The van der Waals surface area contributed by atoms with E-state index >= 15 is 0 Å². The minimum atomic E-state index is -0.414. The molecule has 2 aliphatic rings. The molecule has 0 aliphatic carbocycles. The highest BCUT2D eigenvalue weighted by Crippen LogP contribution is 2.38. The fourth-order valence-electron chi connectivity index (χ4n) is 4.93. The van der Waals surface area contributed by atoms with Crippen LogP contribution in [0.5, 0.6) is 0 Å². The number of pyridine rings is 1. The zero-order valence-electron chi connectivity index (χ0n) is 20.2. The van der Waals surface area contributed by atoms with Crippen molar-refractivity contribution in [3.05, 3.63) is 80.9 Å². The number of nitriles is 1. The maximum absolute atomic E-state index is 12.8. The van der Waals surface area contributed by atoms with Crippen LogP contribution in [0, 0.1) is 11.3 Å². The first-order valence-electron chi connectivity index (χ1n) is 12.2. The van der Waals surface area contributed by atoms with E-state index in [0.29, 0.717) is 63.5 Å². The smallest absolute Gasteiger partial charge is 0.285 e. The molecule has 1 fully saturated rings. The van der Waals surface area contributed by atoms with Crippen molar-refractivity contribution in [3.63, 3.8) is 0 Å². The van der Waals surface area contributed by atoms with E-state index in [4.69, 9.17) is 16.9 Å². The summed E-state index contributed by atoms with van der Waals surface area (Å²) in [6.45, 7) is 4.46. The number of rotatable bonds is 7. The summed E-state index contributed by atoms with van der Waals surface area (Å²) in [7, 11) is 0. The number of aromatic nitrogens is 3. The molecule has 1 unspecified atom stereocenters. The van der Waals surface area contributed by atoms with Crippen molar-refractivity contribution in [2.75, 3.05) is 49.1 Å². The molecule has 1 amide bonds. The molecule has 3 aromatic rings. The molecule has 1 saturated heterocycles. The number of hydrogen-bond donors (Lipinski definition) is 2. The largest absolute Gasteiger partial charge is 0.356 e. The van der Waals surface area contributed by atoms with Gasteiger partial charge in [0.2, 0.25) is 5.91 Å². The topological polar surface area (TPSA) is 121 Å². The Morgan fingerprint density at radius 2 is 1.97 bits per heavy atom. The third-order valence-electron chi connectivity index (χ3n) is 6.90. The Bertz CT molecular complexity index is 1360. The first kappa shape index (κ1) is 24.7. The van der Waals surface area contributed by atoms with Gasteiger partial charge in [-0.05, 0) is 23.3 Å². The zero-order chi connectivity index (χ0) is 25.8. The van der Waals surface area contributed by atoms with Crippen molar-refractivity contribution in [1.29, 1.82) is 5.26 Å². The summed E-state index contributed by atoms with van der Waals surface area (Å²) in [5.74, 6) is 0.940. The maximum Gasteiger partial charge on any atom is 0.285 e. The van der Waals surface area contributed by atoms with Crippen LogP contribution in [0.2, 0.25) is 5.02 Å². The summed E-state index contributed by atoms with van der Waals surface area (Å²) in [5, 5.41) is 18.8. The van der Waals surface area contributed by atoms with Crippen LogP contribution < -0.4 is 20.7 Å². The van der Waals surface area contributed by atoms with E-state index in [-0.39, 0.29) is 17.0 Å². The molecule has 37 heavy (non-hydrogen) atoms. The molecule has 5 rings (SSSR count). The summed E-state index contributed by atoms with van der Waals surface area (Å²) in [6.07, 6.45) is 3.55. The summed E-state index contributed by atoms with van der Waals surface area (Å²) < 4.78 is 0. The van der Waals surface area contributed by atoms with E-state index in [2.05, 4.69) is 48.5 Å². The van der Waals surface area contributed by atoms with Gasteiger partial charge in [-0.25, -0.2) is 10.1 Å². The average molecular weight is 519 g/mol. The number of hydrogen-bond acceptors (Lipinski definition) is 8. The van der Waals surface area contributed by atoms with Gasteiger partial charge in [-0.3, -0.25) is 9.59 Å². The van der Waals surface area contributed by atoms with E-state index in [9.17, 15) is 9.59 Å². The van der Waals surface area contributed by atoms with E-state index in [1.54, 1.807) is 18.5 Å². The Labute approximate surface area is 219 Å². The minimum Gasteiger partial charge on any atom is -0.356 e. The first-order valence-corrected chi connectivity index (χ1v) is 12.6. The van der Waals surface area contributed by atoms with Gasteiger partial charge in [-0.1, -0.05) is 35.9 Å². The average Bonchev–Trinajstić information content (AvgIpc) is 3.31. The number of fused-ring (bicyclic) bond motifs is 1. The number of amides is 1. The van der Waals surface area contributed by atoms with Gasteiger partial charge in [0.1, 0.15) is 16.9 Å². The summed E-state index contributed by atoms with van der Waals surface area (Å²) in [6, 6.07) is 13.8. The van der Waals surface area contributed by atoms with Gasteiger partial charge in [0.25, 0.3) is 5.56 Å². The van der Waals surface area contributed by atoms with Gasteiger partial charge >= 0.3 is 0 Å². The summed E-state index contributed by atoms with van der Waals surface area (Å²) >= 11 is 6.32. The molecule has 2 aliphatic heterocycles. The summed E-state index contributed by atoms with van der Waals surface area (Å²) in [4.78, 5) is 35.3. The number of halogens is 1. The minimum absolute atomic E-state index is 0.0316. The van der Waals surface area contributed by atoms with Gasteiger partial charge in [0, 0.05) is 58.4 Å². The number of piperazine rings is 1. The highest BCUT2D eigenvalue weighted by atomic mass is 35.5. The molecule has 1 aromatic carbocycles. The molecule has 0 radical (unpaired) electrons. The fraction of sp³-hybridized carbons (Fsp3) is 0.346. The molecule has 11 heteroatoms. The molecule has 4 heterocycles. The molecule has 2 N–H and O–H groups in total. The lowest BCUT2D eigenvalue weighted by atomic mass is 10.0. The number of aromatic amines is 1. The van der Waals surface area contributed by atoms with Crippen molar-refractivity contribution < 1.29 is 4.79 Å². The van der Waals surface area contributed by atoms with Gasteiger partial charge in [0.05, 0.1) is 23.5 Å². The Hall–Kier alpha value is -3.94. The van der Waals surface area contributed by atoms with Crippen LogP contribution >= 0.6 is 11.6 Å². The molecule has 2 aromatic heterocycles. The Kier molecular flexibility index (Phi) is 7.35. The van der Waals surface area contributed by atoms with Gasteiger partial charge in [-0.15, -0.1) is 0 Å². The Morgan fingerprint density at radius 1 is 1.16 bits per heavy atom. The van der Waals surface area contributed by atoms with Crippen LogP contribution in [0.1, 0.15) is 29.2 Å². The van der Waals surface area contributed by atoms with E-state index in [1.807, 2.05) is 23.1 Å². The molecule has 0 bridgehead atoms. The SMILES string of the molecule is N#Cc1ccc(N2CCN(C(=O)CCNCC3c4ccccc4CN3c3cn[nH]c(=O)c3Cl)CC2)nc1. The van der Waals surface area contributed by atoms with Crippen LogP contribution in [-0.4, -0.2) is 65.3 Å². The molecule has 190 valence electrons.